The van der Waals surface area contributed by atoms with Crippen molar-refractivity contribution >= 4 is 22.9 Å². The molecule has 2 heterocycles. The van der Waals surface area contributed by atoms with Gasteiger partial charge in [-0.15, -0.1) is 0 Å². The van der Waals surface area contributed by atoms with E-state index >= 15 is 0 Å². The summed E-state index contributed by atoms with van der Waals surface area (Å²) in [5.41, 5.74) is 0. The summed E-state index contributed by atoms with van der Waals surface area (Å²) in [5.74, 6) is 0. The summed E-state index contributed by atoms with van der Waals surface area (Å²) in [5, 5.41) is 0. The first-order chi connectivity index (χ1) is 8.79. The molecule has 0 bridgehead atoms. The summed E-state index contributed by atoms with van der Waals surface area (Å²) in [4.78, 5) is 5.26. The first kappa shape index (κ1) is 15.0. The van der Waals surface area contributed by atoms with Crippen LogP contribution in [0.4, 0.5) is 0 Å². The van der Waals surface area contributed by atoms with Gasteiger partial charge in [-0.3, -0.25) is 4.90 Å². The van der Waals surface area contributed by atoms with Crippen LogP contribution >= 0.6 is 22.9 Å². The molecule has 0 aromatic carbocycles. The summed E-state index contributed by atoms with van der Waals surface area (Å²) < 4.78 is 7.84. The zero-order valence-corrected chi connectivity index (χ0v) is 13.6. The average molecular weight is 367 g/mol. The van der Waals surface area contributed by atoms with Crippen molar-refractivity contribution in [3.63, 3.8) is 0 Å². The number of ether oxygens (including phenoxy) is 1. The van der Waals surface area contributed by atoms with Crippen molar-refractivity contribution in [2.75, 3.05) is 59.0 Å². The zero-order chi connectivity index (χ0) is 12.8. The minimum absolute atomic E-state index is 0.832. The maximum absolute atomic E-state index is 5.43. The molecule has 0 saturated carbocycles. The van der Waals surface area contributed by atoms with Gasteiger partial charge >= 0.3 is 0 Å². The molecule has 106 valence electrons. The molecule has 0 amide bonds. The monoisotopic (exact) mass is 367 g/mol. The van der Waals surface area contributed by atoms with Gasteiger partial charge in [-0.1, -0.05) is 0 Å². The van der Waals surface area contributed by atoms with Gasteiger partial charge in [0.25, 0.3) is 0 Å². The van der Waals surface area contributed by atoms with E-state index < -0.39 is 0 Å². The quantitative estimate of drug-likeness (QED) is 0.416. The first-order valence-corrected chi connectivity index (χ1v) is 8.21. The highest BCUT2D eigenvalue weighted by Crippen LogP contribution is 2.19. The van der Waals surface area contributed by atoms with E-state index in [2.05, 4.69) is 42.7 Å². The van der Waals surface area contributed by atoms with Crippen LogP contribution in [0.25, 0.3) is 0 Å². The van der Waals surface area contributed by atoms with Gasteiger partial charge in [-0.2, -0.15) is 0 Å². The van der Waals surface area contributed by atoms with Crippen molar-refractivity contribution in [3.05, 3.63) is 0 Å². The van der Waals surface area contributed by atoms with Gasteiger partial charge in [0, 0.05) is 68.2 Å². The summed E-state index contributed by atoms with van der Waals surface area (Å²) in [7, 11) is 0. The fourth-order valence-corrected chi connectivity index (χ4v) is 3.34. The summed E-state index contributed by atoms with van der Waals surface area (Å²) >= 11 is 2.44. The molecular formula is C13H26IN3O. The Morgan fingerprint density at radius 1 is 1.06 bits per heavy atom. The van der Waals surface area contributed by atoms with Crippen LogP contribution in [0.5, 0.6) is 0 Å². The van der Waals surface area contributed by atoms with E-state index in [9.17, 15) is 0 Å². The normalized spacial score (nSPS) is 25.7. The van der Waals surface area contributed by atoms with Gasteiger partial charge in [-0.05, 0) is 32.9 Å². The molecule has 0 aromatic heterocycles. The summed E-state index contributed by atoms with van der Waals surface area (Å²) in [6, 6.07) is 0.832. The molecule has 4 nitrogen and oxygen atoms in total. The van der Waals surface area contributed by atoms with Crippen LogP contribution in [0.15, 0.2) is 0 Å². The van der Waals surface area contributed by atoms with Gasteiger partial charge in [0.05, 0.1) is 6.61 Å². The second-order valence-electron chi connectivity index (χ2n) is 5.22. The largest absolute Gasteiger partial charge is 0.380 e. The molecule has 18 heavy (non-hydrogen) atoms. The van der Waals surface area contributed by atoms with Gasteiger partial charge in [-0.25, -0.2) is 3.11 Å². The van der Waals surface area contributed by atoms with Crippen LogP contribution in [0.1, 0.15) is 19.8 Å². The van der Waals surface area contributed by atoms with E-state index in [4.69, 9.17) is 4.74 Å². The van der Waals surface area contributed by atoms with E-state index in [-0.39, 0.29) is 0 Å². The zero-order valence-electron chi connectivity index (χ0n) is 11.5. The molecule has 0 aliphatic carbocycles. The van der Waals surface area contributed by atoms with E-state index in [1.54, 1.807) is 0 Å². The summed E-state index contributed by atoms with van der Waals surface area (Å²) in [6.45, 7) is 12.4. The number of likely N-dealkylation sites (tertiary alicyclic amines) is 1. The van der Waals surface area contributed by atoms with E-state index in [0.717, 1.165) is 25.8 Å². The molecule has 0 N–H and O–H groups in total. The molecule has 2 saturated heterocycles. The minimum atomic E-state index is 0.832. The Morgan fingerprint density at radius 3 is 2.33 bits per heavy atom. The maximum Gasteiger partial charge on any atom is 0.0593 e. The molecule has 2 rings (SSSR count). The fourth-order valence-electron chi connectivity index (χ4n) is 2.91. The third-order valence-electron chi connectivity index (χ3n) is 4.09. The molecule has 0 spiro atoms. The van der Waals surface area contributed by atoms with Crippen LogP contribution in [0, 0.1) is 0 Å². The van der Waals surface area contributed by atoms with Gasteiger partial charge in [0.15, 0.2) is 0 Å². The molecule has 0 atom stereocenters. The predicted molar refractivity (Wildman–Crippen MR) is 83.1 cm³/mol. The minimum Gasteiger partial charge on any atom is -0.380 e. The second-order valence-corrected chi connectivity index (χ2v) is 6.58. The van der Waals surface area contributed by atoms with Crippen molar-refractivity contribution in [3.8, 4) is 0 Å². The first-order valence-electron chi connectivity index (χ1n) is 7.24. The van der Waals surface area contributed by atoms with Crippen LogP contribution in [0.2, 0.25) is 0 Å². The Labute approximate surface area is 125 Å². The molecule has 0 radical (unpaired) electrons. The lowest BCUT2D eigenvalue weighted by molar-refractivity contribution is 0.0645. The van der Waals surface area contributed by atoms with Crippen LogP contribution < -0.4 is 0 Å². The lowest BCUT2D eigenvalue weighted by Crippen LogP contribution is -2.51. The Bertz CT molecular complexity index is 226. The maximum atomic E-state index is 5.43. The number of nitrogens with zero attached hydrogens (tertiary/aromatic N) is 3. The van der Waals surface area contributed by atoms with Crippen molar-refractivity contribution in [1.29, 1.82) is 0 Å². The fraction of sp³-hybridized carbons (Fsp3) is 1.00. The van der Waals surface area contributed by atoms with Gasteiger partial charge < -0.3 is 9.64 Å². The Morgan fingerprint density at radius 2 is 1.72 bits per heavy atom. The highest BCUT2D eigenvalue weighted by atomic mass is 127. The number of hydrogen-bond acceptors (Lipinski definition) is 4. The highest BCUT2D eigenvalue weighted by Gasteiger charge is 2.26. The number of halogens is 1. The summed E-state index contributed by atoms with van der Waals surface area (Å²) in [6.07, 6.45) is 2.68. The Kier molecular flexibility index (Phi) is 6.65. The number of piperidine rings is 1. The van der Waals surface area contributed by atoms with Crippen molar-refractivity contribution < 1.29 is 4.74 Å². The smallest absolute Gasteiger partial charge is 0.0593 e. The standard InChI is InChI=1S/C13H26IN3O/c1-2-18-12-11-15-5-3-13(4-6-15)16-7-9-17(14)10-8-16/h13H,2-12H2,1H3. The average Bonchev–Trinajstić information content (AvgIpc) is 2.41. The van der Waals surface area contributed by atoms with Crippen molar-refractivity contribution in [2.24, 2.45) is 0 Å². The highest BCUT2D eigenvalue weighted by molar-refractivity contribution is 14.1. The third kappa shape index (κ3) is 4.59. The Hall–Kier alpha value is 0.570. The van der Waals surface area contributed by atoms with Crippen LogP contribution in [-0.2, 0) is 4.74 Å². The number of piperazine rings is 1. The SMILES string of the molecule is CCOCCN1CCC(N2CCN(I)CC2)CC1. The van der Waals surface area contributed by atoms with E-state index in [0.29, 0.717) is 0 Å². The topological polar surface area (TPSA) is 19.0 Å². The molecule has 2 aliphatic heterocycles. The third-order valence-corrected chi connectivity index (χ3v) is 5.05. The van der Waals surface area contributed by atoms with Crippen molar-refractivity contribution in [1.82, 2.24) is 12.9 Å². The van der Waals surface area contributed by atoms with Crippen LogP contribution in [-0.4, -0.2) is 78.0 Å². The second kappa shape index (κ2) is 7.99. The Balaban J connectivity index is 1.63. The van der Waals surface area contributed by atoms with E-state index in [1.165, 1.54) is 52.1 Å². The van der Waals surface area contributed by atoms with Gasteiger partial charge in [0.1, 0.15) is 0 Å². The molecule has 0 unspecified atom stereocenters. The molecule has 2 aliphatic rings. The lowest BCUT2D eigenvalue weighted by atomic mass is 10.0. The van der Waals surface area contributed by atoms with Crippen LogP contribution in [0.3, 0.4) is 0 Å². The molecule has 5 heteroatoms. The lowest BCUT2D eigenvalue weighted by Gasteiger charge is -2.41. The van der Waals surface area contributed by atoms with E-state index in [1.807, 2.05) is 0 Å². The van der Waals surface area contributed by atoms with Crippen molar-refractivity contribution in [2.45, 2.75) is 25.8 Å². The molecular weight excluding hydrogens is 341 g/mol. The molecule has 2 fully saturated rings. The number of hydrogen-bond donors (Lipinski definition) is 0. The molecule has 0 aromatic rings. The predicted octanol–water partition coefficient (Wildman–Crippen LogP) is 1.45. The van der Waals surface area contributed by atoms with Gasteiger partial charge in [0.2, 0.25) is 0 Å². The number of rotatable bonds is 5.